The van der Waals surface area contributed by atoms with E-state index in [1.165, 1.54) is 23.1 Å². The molecule has 26 heavy (non-hydrogen) atoms. The molecule has 0 unspecified atom stereocenters. The summed E-state index contributed by atoms with van der Waals surface area (Å²) in [6.07, 6.45) is 0.345. The van der Waals surface area contributed by atoms with Gasteiger partial charge in [-0.25, -0.2) is 8.42 Å². The number of ether oxygens (including phenoxy) is 1. The minimum absolute atomic E-state index is 0.0871. The molecule has 140 valence electrons. The van der Waals surface area contributed by atoms with Crippen LogP contribution in [0.3, 0.4) is 0 Å². The Morgan fingerprint density at radius 2 is 1.92 bits per heavy atom. The number of hydrogen-bond acceptors (Lipinski definition) is 4. The van der Waals surface area contributed by atoms with Gasteiger partial charge in [0.15, 0.2) is 0 Å². The Morgan fingerprint density at radius 1 is 1.19 bits per heavy atom. The predicted molar refractivity (Wildman–Crippen MR) is 104 cm³/mol. The number of carbonyl (C=O) groups excluding carboxylic acids is 1. The van der Waals surface area contributed by atoms with Gasteiger partial charge in [0.05, 0.1) is 23.4 Å². The van der Waals surface area contributed by atoms with Crippen LogP contribution in [-0.4, -0.2) is 46.2 Å². The van der Waals surface area contributed by atoms with Crippen molar-refractivity contribution in [1.29, 1.82) is 0 Å². The minimum Gasteiger partial charge on any atom is -0.497 e. The second kappa shape index (κ2) is 8.42. The summed E-state index contributed by atoms with van der Waals surface area (Å²) >= 11 is 6.11. The van der Waals surface area contributed by atoms with E-state index in [1.807, 2.05) is 12.1 Å². The average molecular weight is 397 g/mol. The maximum atomic E-state index is 12.3. The maximum absolute atomic E-state index is 12.3. The molecule has 0 heterocycles. The second-order valence-corrected chi connectivity index (χ2v) is 8.17. The number of nitrogens with zero attached hydrogens (tertiary/aromatic N) is 1. The number of benzene rings is 2. The van der Waals surface area contributed by atoms with Crippen molar-refractivity contribution < 1.29 is 17.9 Å². The van der Waals surface area contributed by atoms with Gasteiger partial charge >= 0.3 is 0 Å². The minimum atomic E-state index is -3.56. The van der Waals surface area contributed by atoms with Crippen molar-refractivity contribution in [2.24, 2.45) is 0 Å². The highest BCUT2D eigenvalue weighted by Gasteiger charge is 2.15. The Balaban J connectivity index is 2.06. The Morgan fingerprint density at radius 3 is 2.54 bits per heavy atom. The average Bonchev–Trinajstić information content (AvgIpc) is 2.59. The summed E-state index contributed by atoms with van der Waals surface area (Å²) in [5, 5.41) is 0.191. The number of nitrogens with one attached hydrogen (secondary N) is 1. The molecule has 2 aromatic rings. The molecule has 6 nitrogen and oxygen atoms in total. The van der Waals surface area contributed by atoms with E-state index in [-0.39, 0.29) is 16.7 Å². The van der Waals surface area contributed by atoms with Gasteiger partial charge in [0.1, 0.15) is 5.75 Å². The fourth-order valence-electron chi connectivity index (χ4n) is 2.30. The molecule has 0 saturated carbocycles. The predicted octanol–water partition coefficient (Wildman–Crippen LogP) is 3.03. The van der Waals surface area contributed by atoms with Crippen LogP contribution in [0.4, 0.5) is 5.69 Å². The van der Waals surface area contributed by atoms with Gasteiger partial charge in [0.2, 0.25) is 10.0 Å². The summed E-state index contributed by atoms with van der Waals surface area (Å²) in [4.78, 5) is 13.4. The third-order valence-electron chi connectivity index (χ3n) is 3.67. The van der Waals surface area contributed by atoms with Crippen LogP contribution in [0.1, 0.15) is 15.9 Å². The molecule has 0 atom stereocenters. The fraction of sp³-hybridized carbons (Fsp3) is 0.278. The van der Waals surface area contributed by atoms with Crippen LogP contribution in [0.2, 0.25) is 5.02 Å². The summed E-state index contributed by atoms with van der Waals surface area (Å²) in [5.41, 5.74) is 1.49. The lowest BCUT2D eigenvalue weighted by molar-refractivity contribution is 0.0828. The van der Waals surface area contributed by atoms with Crippen molar-refractivity contribution in [2.45, 2.75) is 6.42 Å². The molecule has 2 rings (SSSR count). The number of anilines is 1. The summed E-state index contributed by atoms with van der Waals surface area (Å²) in [6, 6.07) is 11.7. The lowest BCUT2D eigenvalue weighted by Crippen LogP contribution is -2.22. The van der Waals surface area contributed by atoms with Gasteiger partial charge < -0.3 is 9.64 Å². The Labute approximate surface area is 158 Å². The van der Waals surface area contributed by atoms with E-state index in [0.29, 0.717) is 23.4 Å². The molecule has 8 heteroatoms. The third kappa shape index (κ3) is 5.37. The highest BCUT2D eigenvalue weighted by Crippen LogP contribution is 2.23. The van der Waals surface area contributed by atoms with Gasteiger partial charge in [-0.05, 0) is 42.3 Å². The Hall–Kier alpha value is -2.25. The fourth-order valence-corrected chi connectivity index (χ4v) is 3.66. The van der Waals surface area contributed by atoms with E-state index in [4.69, 9.17) is 16.3 Å². The molecule has 1 amide bonds. The van der Waals surface area contributed by atoms with E-state index in [1.54, 1.807) is 33.3 Å². The van der Waals surface area contributed by atoms with Crippen molar-refractivity contribution in [3.8, 4) is 5.75 Å². The summed E-state index contributed by atoms with van der Waals surface area (Å²) in [5.74, 6) is 0.346. The summed E-state index contributed by atoms with van der Waals surface area (Å²) < 4.78 is 32.2. The molecule has 1 N–H and O–H groups in total. The smallest absolute Gasteiger partial charge is 0.254 e. The van der Waals surface area contributed by atoms with Gasteiger partial charge in [-0.15, -0.1) is 0 Å². The first-order valence-corrected chi connectivity index (χ1v) is 9.89. The van der Waals surface area contributed by atoms with Crippen molar-refractivity contribution in [3.63, 3.8) is 0 Å². The topological polar surface area (TPSA) is 75.7 Å². The molecule has 0 aromatic heterocycles. The number of methoxy groups -OCH3 is 1. The maximum Gasteiger partial charge on any atom is 0.254 e. The first-order chi connectivity index (χ1) is 12.2. The quantitative estimate of drug-likeness (QED) is 0.780. The van der Waals surface area contributed by atoms with E-state index >= 15 is 0 Å². The number of rotatable bonds is 7. The molecule has 2 aromatic carbocycles. The number of sulfonamides is 1. The Bertz CT molecular complexity index is 898. The van der Waals surface area contributed by atoms with Crippen molar-refractivity contribution >= 4 is 33.2 Å². The molecule has 0 saturated heterocycles. The zero-order chi connectivity index (χ0) is 19.3. The largest absolute Gasteiger partial charge is 0.497 e. The number of carbonyl (C=O) groups is 1. The van der Waals surface area contributed by atoms with Gasteiger partial charge in [-0.2, -0.15) is 0 Å². The van der Waals surface area contributed by atoms with E-state index in [9.17, 15) is 13.2 Å². The van der Waals surface area contributed by atoms with Crippen LogP contribution in [-0.2, 0) is 16.4 Å². The standard InChI is InChI=1S/C18H21ClN2O4S/c1-21(2)18(22)16-8-7-14(12-17(16)19)20-26(23,24)10-9-13-5-4-6-15(11-13)25-3/h4-8,11-12,20H,9-10H2,1-3H3. The van der Waals surface area contributed by atoms with Gasteiger partial charge in [0, 0.05) is 19.8 Å². The normalized spacial score (nSPS) is 11.1. The number of aryl methyl sites for hydroxylation is 1. The molecule has 0 radical (unpaired) electrons. The molecular weight excluding hydrogens is 376 g/mol. The number of hydrogen-bond donors (Lipinski definition) is 1. The van der Waals surface area contributed by atoms with Gasteiger partial charge in [0.25, 0.3) is 5.91 Å². The van der Waals surface area contributed by atoms with Crippen LogP contribution in [0, 0.1) is 0 Å². The SMILES string of the molecule is COc1cccc(CCS(=O)(=O)Nc2ccc(C(=O)N(C)C)c(Cl)c2)c1. The summed E-state index contributed by atoms with van der Waals surface area (Å²) in [6.45, 7) is 0. The molecule has 0 aliphatic heterocycles. The first kappa shape index (κ1) is 20.1. The molecule has 0 fully saturated rings. The molecule has 0 bridgehead atoms. The molecular formula is C18H21ClN2O4S. The van der Waals surface area contributed by atoms with Gasteiger partial charge in [-0.1, -0.05) is 23.7 Å². The van der Waals surface area contributed by atoms with Gasteiger partial charge in [-0.3, -0.25) is 9.52 Å². The molecule has 0 spiro atoms. The van der Waals surface area contributed by atoms with E-state index in [0.717, 1.165) is 5.56 Å². The summed E-state index contributed by atoms with van der Waals surface area (Å²) in [7, 11) is 1.24. The van der Waals surface area contributed by atoms with Crippen molar-refractivity contribution in [1.82, 2.24) is 4.90 Å². The lowest BCUT2D eigenvalue weighted by Gasteiger charge is -2.13. The zero-order valence-corrected chi connectivity index (χ0v) is 16.4. The second-order valence-electron chi connectivity index (χ2n) is 5.92. The van der Waals surface area contributed by atoms with Crippen molar-refractivity contribution in [2.75, 3.05) is 31.7 Å². The highest BCUT2D eigenvalue weighted by atomic mass is 35.5. The van der Waals surface area contributed by atoms with Crippen LogP contribution in [0.5, 0.6) is 5.75 Å². The molecule has 0 aliphatic rings. The first-order valence-electron chi connectivity index (χ1n) is 7.86. The zero-order valence-electron chi connectivity index (χ0n) is 14.8. The molecule has 0 aliphatic carbocycles. The van der Waals surface area contributed by atoms with Crippen molar-refractivity contribution in [3.05, 3.63) is 58.6 Å². The number of halogens is 1. The monoisotopic (exact) mass is 396 g/mol. The highest BCUT2D eigenvalue weighted by molar-refractivity contribution is 7.92. The van der Waals surface area contributed by atoms with Crippen LogP contribution in [0.15, 0.2) is 42.5 Å². The lowest BCUT2D eigenvalue weighted by atomic mass is 10.2. The van der Waals surface area contributed by atoms with Crippen LogP contribution >= 0.6 is 11.6 Å². The Kier molecular flexibility index (Phi) is 6.50. The van der Waals surface area contributed by atoms with Crippen LogP contribution in [0.25, 0.3) is 0 Å². The number of amides is 1. The van der Waals surface area contributed by atoms with Crippen LogP contribution < -0.4 is 9.46 Å². The third-order valence-corrected chi connectivity index (χ3v) is 5.27. The van der Waals surface area contributed by atoms with E-state index in [2.05, 4.69) is 4.72 Å². The van der Waals surface area contributed by atoms with E-state index < -0.39 is 10.0 Å².